The van der Waals surface area contributed by atoms with E-state index in [1.165, 1.54) is 0 Å². The molecular weight excluding hydrogens is 685 g/mol. The van der Waals surface area contributed by atoms with E-state index >= 15 is 0 Å². The summed E-state index contributed by atoms with van der Waals surface area (Å²) in [4.78, 5) is 0. The first-order chi connectivity index (χ1) is 27.4. The van der Waals surface area contributed by atoms with E-state index in [0.29, 0.717) is 23.3 Å². The Morgan fingerprint density at radius 1 is 0.804 bits per heavy atom. The number of para-hydroxylation sites is 2. The van der Waals surface area contributed by atoms with Gasteiger partial charge in [0.1, 0.15) is 16.7 Å². The second-order valence-corrected chi connectivity index (χ2v) is 13.5. The van der Waals surface area contributed by atoms with Gasteiger partial charge in [-0.25, -0.2) is 0 Å². The standard InChI is InChI=1S/C52H40N2O2/c1-6-27-55-51-45(34(5)7-2)20-14-21-48(51)40-24-26-47(42(31-40)33-54)38-18-13-16-36(29-38)35-15-12-17-37(28-35)46-25-23-39(30-41(46)32-53)43(8-3)52-44(9-4)49-19-10-11-22-50(49)56-52/h6-28,30-31,38H,2-3,5,29H2,1,4H3/b27-6-,44-9-,52-43-. The van der Waals surface area contributed by atoms with Gasteiger partial charge in [-0.3, -0.25) is 0 Å². The van der Waals surface area contributed by atoms with Crippen molar-refractivity contribution in [2.45, 2.75) is 26.2 Å². The predicted octanol–water partition coefficient (Wildman–Crippen LogP) is 11.9. The van der Waals surface area contributed by atoms with Gasteiger partial charge in [0.25, 0.3) is 0 Å². The molecule has 4 nitrogen and oxygen atoms in total. The van der Waals surface area contributed by atoms with Crippen molar-refractivity contribution < 1.29 is 9.15 Å². The van der Waals surface area contributed by atoms with E-state index in [9.17, 15) is 10.5 Å². The van der Waals surface area contributed by atoms with Crippen molar-refractivity contribution >= 4 is 33.8 Å². The number of nitriles is 2. The fourth-order valence-corrected chi connectivity index (χ4v) is 7.48. The van der Waals surface area contributed by atoms with Gasteiger partial charge in [-0.05, 0) is 89.1 Å². The summed E-state index contributed by atoms with van der Waals surface area (Å²) >= 11 is 0. The molecule has 1 unspecified atom stereocenters. The molecule has 6 aromatic rings. The molecule has 56 heavy (non-hydrogen) atoms. The molecule has 1 aromatic heterocycles. The second kappa shape index (κ2) is 16.3. The predicted molar refractivity (Wildman–Crippen MR) is 231 cm³/mol. The van der Waals surface area contributed by atoms with Crippen LogP contribution in [0.4, 0.5) is 0 Å². The van der Waals surface area contributed by atoms with Crippen molar-refractivity contribution in [2.75, 3.05) is 0 Å². The Hall–Kier alpha value is -7.40. The highest BCUT2D eigenvalue weighted by Gasteiger charge is 2.21. The maximum Gasteiger partial charge on any atom is 0.142 e. The van der Waals surface area contributed by atoms with E-state index in [2.05, 4.69) is 80.4 Å². The number of nitrogens with zero attached hydrogens (tertiary/aromatic N) is 2. The second-order valence-electron chi connectivity index (χ2n) is 13.5. The zero-order chi connectivity index (χ0) is 39.2. The number of ether oxygens (including phenoxy) is 1. The molecule has 0 fully saturated rings. The van der Waals surface area contributed by atoms with Crippen molar-refractivity contribution in [1.82, 2.24) is 0 Å². The van der Waals surface area contributed by atoms with E-state index in [-0.39, 0.29) is 5.92 Å². The molecule has 0 saturated heterocycles. The van der Waals surface area contributed by atoms with Gasteiger partial charge in [-0.2, -0.15) is 10.5 Å². The average Bonchev–Trinajstić information content (AvgIpc) is 3.63. The van der Waals surface area contributed by atoms with Crippen LogP contribution in [0.15, 0.2) is 170 Å². The highest BCUT2D eigenvalue weighted by molar-refractivity contribution is 5.86. The first kappa shape index (κ1) is 36.9. The lowest BCUT2D eigenvalue weighted by Gasteiger charge is -2.22. The van der Waals surface area contributed by atoms with Crippen LogP contribution in [0, 0.1) is 22.7 Å². The molecule has 1 heterocycles. The zero-order valence-electron chi connectivity index (χ0n) is 31.6. The van der Waals surface area contributed by atoms with E-state index in [1.54, 1.807) is 18.4 Å². The van der Waals surface area contributed by atoms with Crippen molar-refractivity contribution in [2.24, 2.45) is 0 Å². The third kappa shape index (κ3) is 7.01. The summed E-state index contributed by atoms with van der Waals surface area (Å²) in [5.41, 5.74) is 12.7. The van der Waals surface area contributed by atoms with Gasteiger partial charge in [0.2, 0.25) is 0 Å². The van der Waals surface area contributed by atoms with Crippen LogP contribution in [0.1, 0.15) is 59.6 Å². The fourth-order valence-electron chi connectivity index (χ4n) is 7.48. The monoisotopic (exact) mass is 724 g/mol. The summed E-state index contributed by atoms with van der Waals surface area (Å²) in [6, 6.07) is 39.1. The number of benzene rings is 5. The molecule has 0 radical (unpaired) electrons. The molecular formula is C52H40N2O2. The van der Waals surface area contributed by atoms with Crippen molar-refractivity contribution in [1.29, 1.82) is 10.5 Å². The molecule has 1 atom stereocenters. The molecule has 4 heteroatoms. The lowest BCUT2D eigenvalue weighted by atomic mass is 9.82. The van der Waals surface area contributed by atoms with Crippen LogP contribution >= 0.6 is 0 Å². The maximum atomic E-state index is 10.4. The number of furan rings is 1. The van der Waals surface area contributed by atoms with Crippen LogP contribution in [0.2, 0.25) is 0 Å². The Labute approximate surface area is 328 Å². The molecule has 0 amide bonds. The Balaban J connectivity index is 1.19. The summed E-state index contributed by atoms with van der Waals surface area (Å²) < 4.78 is 12.4. The van der Waals surface area contributed by atoms with Gasteiger partial charge >= 0.3 is 0 Å². The molecule has 0 aliphatic heterocycles. The minimum absolute atomic E-state index is 0.00157. The Kier molecular flexibility index (Phi) is 10.8. The SMILES string of the molecule is C=CC(=C)c1cccc(-c2ccc(C3C=CC=C(c4cccc(-c5ccc(/C(C=C)=c6\oc7ccccc7\c6=C\C)cc5C#N)c4)C3)c(C#N)c2)c1O/C=C\C. The minimum Gasteiger partial charge on any atom is -0.464 e. The number of allylic oxidation sites excluding steroid dienone is 8. The van der Waals surface area contributed by atoms with Crippen LogP contribution in [0.25, 0.3) is 56.0 Å². The molecule has 0 spiro atoms. The first-order valence-corrected chi connectivity index (χ1v) is 18.5. The number of fused-ring (bicyclic) bond motifs is 1. The number of hydrogen-bond acceptors (Lipinski definition) is 4. The van der Waals surface area contributed by atoms with Crippen LogP contribution in [0.5, 0.6) is 5.75 Å². The molecule has 0 N–H and O–H groups in total. The molecule has 0 saturated carbocycles. The summed E-state index contributed by atoms with van der Waals surface area (Å²) in [7, 11) is 0. The quantitative estimate of drug-likeness (QED) is 0.104. The van der Waals surface area contributed by atoms with Gasteiger partial charge in [0.15, 0.2) is 0 Å². The zero-order valence-corrected chi connectivity index (χ0v) is 31.6. The molecule has 1 aliphatic rings. The third-order valence-electron chi connectivity index (χ3n) is 10.3. The van der Waals surface area contributed by atoms with Crippen molar-refractivity contribution in [3.05, 3.63) is 210 Å². The summed E-state index contributed by atoms with van der Waals surface area (Å²) in [5.74, 6) is 0.664. The normalized spacial score (nSPS) is 14.5. The lowest BCUT2D eigenvalue weighted by Crippen LogP contribution is -2.22. The van der Waals surface area contributed by atoms with E-state index in [1.807, 2.05) is 98.8 Å². The molecule has 270 valence electrons. The highest BCUT2D eigenvalue weighted by atomic mass is 16.5. The summed E-state index contributed by atoms with van der Waals surface area (Å²) in [6.45, 7) is 16.0. The van der Waals surface area contributed by atoms with E-state index in [4.69, 9.17) is 9.15 Å². The van der Waals surface area contributed by atoms with Crippen LogP contribution in [0.3, 0.4) is 0 Å². The molecule has 7 rings (SSSR count). The van der Waals surface area contributed by atoms with Crippen molar-refractivity contribution in [3.63, 3.8) is 0 Å². The van der Waals surface area contributed by atoms with Crippen molar-refractivity contribution in [3.8, 4) is 40.1 Å². The molecule has 1 aliphatic carbocycles. The third-order valence-corrected chi connectivity index (χ3v) is 10.3. The Morgan fingerprint density at radius 2 is 1.59 bits per heavy atom. The van der Waals surface area contributed by atoms with Crippen LogP contribution in [-0.4, -0.2) is 0 Å². The number of rotatable bonds is 10. The largest absolute Gasteiger partial charge is 0.464 e. The van der Waals surface area contributed by atoms with E-state index in [0.717, 1.165) is 82.8 Å². The minimum atomic E-state index is -0.00157. The molecule has 5 aromatic carbocycles. The first-order valence-electron chi connectivity index (χ1n) is 18.5. The number of hydrogen-bond donors (Lipinski definition) is 0. The topological polar surface area (TPSA) is 70.0 Å². The smallest absolute Gasteiger partial charge is 0.142 e. The van der Waals surface area contributed by atoms with Crippen LogP contribution in [-0.2, 0) is 0 Å². The highest BCUT2D eigenvalue weighted by Crippen LogP contribution is 2.41. The Bertz CT molecular complexity index is 2860. The van der Waals surface area contributed by atoms with Gasteiger partial charge in [0.05, 0.1) is 29.5 Å². The molecule has 0 bridgehead atoms. The van der Waals surface area contributed by atoms with Gasteiger partial charge in [-0.15, -0.1) is 0 Å². The van der Waals surface area contributed by atoms with E-state index < -0.39 is 0 Å². The van der Waals surface area contributed by atoms with Crippen LogP contribution < -0.4 is 15.4 Å². The average molecular weight is 725 g/mol. The lowest BCUT2D eigenvalue weighted by molar-refractivity contribution is 0.481. The van der Waals surface area contributed by atoms with Gasteiger partial charge in [-0.1, -0.05) is 141 Å². The summed E-state index contributed by atoms with van der Waals surface area (Å²) in [6.07, 6.45) is 16.1. The van der Waals surface area contributed by atoms with Gasteiger partial charge in [0, 0.05) is 33.2 Å². The fraction of sp³-hybridized carbons (Fsp3) is 0.0769. The maximum absolute atomic E-state index is 10.4. The van der Waals surface area contributed by atoms with Gasteiger partial charge < -0.3 is 9.15 Å². The summed E-state index contributed by atoms with van der Waals surface area (Å²) in [5, 5.41) is 22.8. The Morgan fingerprint density at radius 3 is 2.36 bits per heavy atom.